The van der Waals surface area contributed by atoms with Crippen molar-refractivity contribution in [3.63, 3.8) is 0 Å². The fourth-order valence-corrected chi connectivity index (χ4v) is 3.58. The Labute approximate surface area is 183 Å². The summed E-state index contributed by atoms with van der Waals surface area (Å²) in [5, 5.41) is 0. The van der Waals surface area contributed by atoms with E-state index in [-0.39, 0.29) is 29.0 Å². The molecule has 0 N–H and O–H groups in total. The van der Waals surface area contributed by atoms with Gasteiger partial charge < -0.3 is 4.74 Å². The minimum absolute atomic E-state index is 0.115. The highest BCUT2D eigenvalue weighted by molar-refractivity contribution is 5.74. The molecule has 162 valence electrons. The first kappa shape index (κ1) is 21.6. The highest BCUT2D eigenvalue weighted by Gasteiger charge is 2.16. The van der Waals surface area contributed by atoms with Crippen LogP contribution in [0.4, 0.5) is 17.6 Å². The fourth-order valence-electron chi connectivity index (χ4n) is 3.58. The summed E-state index contributed by atoms with van der Waals surface area (Å²) in [4.78, 5) is 0. The first-order chi connectivity index (χ1) is 15.4. The second-order valence-corrected chi connectivity index (χ2v) is 7.38. The lowest BCUT2D eigenvalue weighted by molar-refractivity contribution is 0.314. The van der Waals surface area contributed by atoms with Crippen LogP contribution in [0, 0.1) is 30.2 Å². The lowest BCUT2D eigenvalue weighted by Crippen LogP contribution is -1.98. The molecular weight excluding hydrogens is 416 g/mol. The van der Waals surface area contributed by atoms with Gasteiger partial charge >= 0.3 is 0 Å². The van der Waals surface area contributed by atoms with E-state index in [1.807, 2.05) is 0 Å². The Morgan fingerprint density at radius 2 is 0.969 bits per heavy atom. The van der Waals surface area contributed by atoms with Crippen LogP contribution in [-0.4, -0.2) is 6.61 Å². The molecule has 0 aliphatic carbocycles. The van der Waals surface area contributed by atoms with E-state index in [2.05, 4.69) is 0 Å². The van der Waals surface area contributed by atoms with Gasteiger partial charge in [0.25, 0.3) is 0 Å². The smallest absolute Gasteiger partial charge is 0.201 e. The van der Waals surface area contributed by atoms with Crippen LogP contribution in [0.25, 0.3) is 33.4 Å². The van der Waals surface area contributed by atoms with E-state index in [0.29, 0.717) is 11.1 Å². The molecule has 4 rings (SSSR count). The number of halogens is 4. The zero-order valence-electron chi connectivity index (χ0n) is 17.6. The average molecular weight is 436 g/mol. The standard InChI is InChI=1S/C27H20F4O/c1-3-32-23-15-14-22(26(30)27(23)31)20-11-7-18(8-12-20)17-5-9-19(10-6-17)21-13-4-16(2)24(28)25(21)29/h4-15H,3H2,1-2H3. The molecule has 0 fully saturated rings. The van der Waals surface area contributed by atoms with Crippen molar-refractivity contribution < 1.29 is 22.3 Å². The molecule has 0 aliphatic heterocycles. The summed E-state index contributed by atoms with van der Waals surface area (Å²) < 4.78 is 61.9. The number of hydrogen-bond donors (Lipinski definition) is 0. The number of rotatable bonds is 5. The van der Waals surface area contributed by atoms with Crippen LogP contribution in [0.15, 0.2) is 72.8 Å². The minimum atomic E-state index is -1.01. The van der Waals surface area contributed by atoms with E-state index in [1.54, 1.807) is 67.6 Å². The van der Waals surface area contributed by atoms with Crippen molar-refractivity contribution in [2.45, 2.75) is 13.8 Å². The normalized spacial score (nSPS) is 10.9. The van der Waals surface area contributed by atoms with Crippen molar-refractivity contribution in [1.82, 2.24) is 0 Å². The Balaban J connectivity index is 1.60. The van der Waals surface area contributed by atoms with Gasteiger partial charge in [0.15, 0.2) is 23.2 Å². The molecule has 5 heteroatoms. The molecule has 1 nitrogen and oxygen atoms in total. The summed E-state index contributed by atoms with van der Waals surface area (Å²) in [7, 11) is 0. The predicted octanol–water partition coefficient (Wildman–Crippen LogP) is 7.95. The van der Waals surface area contributed by atoms with Gasteiger partial charge in [-0.3, -0.25) is 0 Å². The van der Waals surface area contributed by atoms with Crippen LogP contribution in [0.1, 0.15) is 12.5 Å². The van der Waals surface area contributed by atoms with Crippen molar-refractivity contribution in [3.8, 4) is 39.1 Å². The zero-order valence-corrected chi connectivity index (χ0v) is 17.6. The van der Waals surface area contributed by atoms with Gasteiger partial charge in [-0.05, 0) is 53.8 Å². The molecule has 0 bridgehead atoms. The molecule has 0 atom stereocenters. The van der Waals surface area contributed by atoms with Crippen molar-refractivity contribution in [3.05, 3.63) is 102 Å². The molecule has 0 radical (unpaired) electrons. The fraction of sp³-hybridized carbons (Fsp3) is 0.111. The molecule has 32 heavy (non-hydrogen) atoms. The van der Waals surface area contributed by atoms with Gasteiger partial charge in [0.2, 0.25) is 5.82 Å². The maximum atomic E-state index is 14.5. The first-order valence-electron chi connectivity index (χ1n) is 10.2. The SMILES string of the molecule is CCOc1ccc(-c2ccc(-c3ccc(-c4ccc(C)c(F)c4F)cc3)cc2)c(F)c1F. The summed E-state index contributed by atoms with van der Waals surface area (Å²) in [5.74, 6) is -3.80. The van der Waals surface area contributed by atoms with Crippen molar-refractivity contribution in [1.29, 1.82) is 0 Å². The van der Waals surface area contributed by atoms with E-state index >= 15 is 0 Å². The van der Waals surface area contributed by atoms with E-state index in [4.69, 9.17) is 4.74 Å². The van der Waals surface area contributed by atoms with Crippen LogP contribution < -0.4 is 4.74 Å². The third kappa shape index (κ3) is 3.98. The number of benzene rings is 4. The summed E-state index contributed by atoms with van der Waals surface area (Å²) in [6.07, 6.45) is 0. The molecular formula is C27H20F4O. The Morgan fingerprint density at radius 1 is 0.531 bits per heavy atom. The third-order valence-electron chi connectivity index (χ3n) is 5.35. The van der Waals surface area contributed by atoms with Crippen LogP contribution in [0.5, 0.6) is 5.75 Å². The molecule has 0 amide bonds. The Bertz CT molecular complexity index is 1260. The molecule has 4 aromatic carbocycles. The lowest BCUT2D eigenvalue weighted by atomic mass is 9.97. The molecule has 0 spiro atoms. The second-order valence-electron chi connectivity index (χ2n) is 7.38. The Hall–Kier alpha value is -3.60. The third-order valence-corrected chi connectivity index (χ3v) is 5.35. The van der Waals surface area contributed by atoms with Crippen LogP contribution in [-0.2, 0) is 0 Å². The number of aryl methyl sites for hydroxylation is 1. The van der Waals surface area contributed by atoms with Gasteiger partial charge in [0, 0.05) is 11.1 Å². The Kier molecular flexibility index (Phi) is 5.99. The molecule has 4 aromatic rings. The van der Waals surface area contributed by atoms with Crippen molar-refractivity contribution >= 4 is 0 Å². The Morgan fingerprint density at radius 3 is 1.47 bits per heavy atom. The van der Waals surface area contributed by atoms with Gasteiger partial charge in [0.05, 0.1) is 6.61 Å². The van der Waals surface area contributed by atoms with Gasteiger partial charge in [-0.15, -0.1) is 0 Å². The van der Waals surface area contributed by atoms with E-state index < -0.39 is 23.3 Å². The molecule has 0 unspecified atom stereocenters. The highest BCUT2D eigenvalue weighted by atomic mass is 19.2. The van der Waals surface area contributed by atoms with E-state index in [0.717, 1.165) is 11.1 Å². The maximum Gasteiger partial charge on any atom is 0.201 e. The van der Waals surface area contributed by atoms with Crippen molar-refractivity contribution in [2.24, 2.45) is 0 Å². The summed E-state index contributed by atoms with van der Waals surface area (Å²) in [6, 6.07) is 20.1. The topological polar surface area (TPSA) is 9.23 Å². The highest BCUT2D eigenvalue weighted by Crippen LogP contribution is 2.32. The molecule has 0 aliphatic rings. The maximum absolute atomic E-state index is 14.5. The summed E-state index contributed by atoms with van der Waals surface area (Å²) in [6.45, 7) is 3.46. The van der Waals surface area contributed by atoms with Gasteiger partial charge in [0.1, 0.15) is 0 Å². The van der Waals surface area contributed by atoms with Crippen LogP contribution >= 0.6 is 0 Å². The molecule has 0 saturated carbocycles. The summed E-state index contributed by atoms with van der Waals surface area (Å²) >= 11 is 0. The van der Waals surface area contributed by atoms with Crippen LogP contribution in [0.3, 0.4) is 0 Å². The number of ether oxygens (including phenoxy) is 1. The molecule has 0 heterocycles. The minimum Gasteiger partial charge on any atom is -0.491 e. The van der Waals surface area contributed by atoms with E-state index in [1.165, 1.54) is 19.1 Å². The average Bonchev–Trinajstić information content (AvgIpc) is 2.81. The van der Waals surface area contributed by atoms with Gasteiger partial charge in [-0.1, -0.05) is 60.7 Å². The zero-order chi connectivity index (χ0) is 22.8. The van der Waals surface area contributed by atoms with Gasteiger partial charge in [-0.2, -0.15) is 4.39 Å². The monoisotopic (exact) mass is 436 g/mol. The number of hydrogen-bond acceptors (Lipinski definition) is 1. The second kappa shape index (κ2) is 8.87. The summed E-state index contributed by atoms with van der Waals surface area (Å²) in [5.41, 5.74) is 3.39. The van der Waals surface area contributed by atoms with Gasteiger partial charge in [-0.25, -0.2) is 13.2 Å². The molecule has 0 saturated heterocycles. The van der Waals surface area contributed by atoms with Crippen molar-refractivity contribution in [2.75, 3.05) is 6.61 Å². The van der Waals surface area contributed by atoms with Crippen LogP contribution in [0.2, 0.25) is 0 Å². The molecule has 0 aromatic heterocycles. The quantitative estimate of drug-likeness (QED) is 0.289. The first-order valence-corrected chi connectivity index (χ1v) is 10.2. The largest absolute Gasteiger partial charge is 0.491 e. The lowest BCUT2D eigenvalue weighted by Gasteiger charge is -2.10. The predicted molar refractivity (Wildman–Crippen MR) is 118 cm³/mol. The van der Waals surface area contributed by atoms with E-state index in [9.17, 15) is 17.6 Å².